The van der Waals surface area contributed by atoms with E-state index in [0.717, 1.165) is 16.7 Å². The highest BCUT2D eigenvalue weighted by atomic mass is 16.6. The molecule has 5 rings (SSSR count). The molecule has 1 aromatic heterocycles. The maximum Gasteiger partial charge on any atom is 0.330 e. The van der Waals surface area contributed by atoms with Gasteiger partial charge in [0.15, 0.2) is 5.60 Å². The Morgan fingerprint density at radius 1 is 1.02 bits per heavy atom. The van der Waals surface area contributed by atoms with Crippen LogP contribution >= 0.6 is 0 Å². The number of aromatic nitrogens is 2. The molecule has 2 heterocycles. The second kappa shape index (κ2) is 12.5. The molecule has 4 aromatic rings. The fourth-order valence-electron chi connectivity index (χ4n) is 5.52. The van der Waals surface area contributed by atoms with Gasteiger partial charge in [0.2, 0.25) is 0 Å². The van der Waals surface area contributed by atoms with E-state index in [1.165, 1.54) is 10.8 Å². The maximum atomic E-state index is 12.7. The molecule has 0 amide bonds. The summed E-state index contributed by atoms with van der Waals surface area (Å²) in [5.41, 5.74) is 8.13. The van der Waals surface area contributed by atoms with E-state index in [4.69, 9.17) is 25.4 Å². The van der Waals surface area contributed by atoms with Gasteiger partial charge in [0, 0.05) is 23.1 Å². The van der Waals surface area contributed by atoms with E-state index in [0.29, 0.717) is 17.1 Å². The highest BCUT2D eigenvalue weighted by Crippen LogP contribution is 2.45. The molecule has 1 aliphatic heterocycles. The van der Waals surface area contributed by atoms with Gasteiger partial charge in [0.1, 0.15) is 23.3 Å². The lowest BCUT2D eigenvalue weighted by Gasteiger charge is -2.39. The summed E-state index contributed by atoms with van der Waals surface area (Å²) in [5.74, 6) is 4.01. The van der Waals surface area contributed by atoms with Crippen LogP contribution in [0.25, 0.3) is 10.4 Å². The molecule has 224 valence electrons. The van der Waals surface area contributed by atoms with Gasteiger partial charge < -0.3 is 18.9 Å². The van der Waals surface area contributed by atoms with Gasteiger partial charge in [0.05, 0.1) is 26.9 Å². The number of ether oxygens (including phenoxy) is 4. The Labute approximate surface area is 253 Å². The Morgan fingerprint density at radius 3 is 2.11 bits per heavy atom. The lowest BCUT2D eigenvalue weighted by molar-refractivity contribution is -0.112. The fourth-order valence-corrected chi connectivity index (χ4v) is 5.52. The molecular weight excluding hydrogens is 562 g/mol. The maximum absolute atomic E-state index is 12.7. The van der Waals surface area contributed by atoms with Gasteiger partial charge in [-0.3, -0.25) is 14.3 Å². The molecule has 1 fully saturated rings. The largest absolute Gasteiger partial charge is 0.497 e. The van der Waals surface area contributed by atoms with Crippen molar-refractivity contribution in [2.45, 2.75) is 36.8 Å². The number of benzene rings is 3. The highest BCUT2D eigenvalue weighted by molar-refractivity contribution is 5.50. The van der Waals surface area contributed by atoms with Gasteiger partial charge in [-0.15, -0.1) is 6.42 Å². The standard InChI is InChI=1S/C33H31N5O6/c1-5-32(28(36-37-34)19-29(44-32)38-20-22(2)30(39)35-31(38)40)21-43-33(23-9-7-6-8-10-23,24-11-15-26(41-3)16-12-24)25-13-17-27(42-4)18-14-25/h1,6-18,20,28-29H,19,21H2,2-4H3,(H,35,39,40)/t28-,29+,32+/m0/s1. The van der Waals surface area contributed by atoms with E-state index >= 15 is 0 Å². The van der Waals surface area contributed by atoms with Crippen LogP contribution in [0, 0.1) is 19.3 Å². The van der Waals surface area contributed by atoms with Crippen LogP contribution < -0.4 is 20.7 Å². The lowest BCUT2D eigenvalue weighted by Crippen LogP contribution is -2.46. The van der Waals surface area contributed by atoms with Crippen molar-refractivity contribution >= 4 is 0 Å². The number of methoxy groups -OCH3 is 2. The molecule has 11 heteroatoms. The normalized spacial score (nSPS) is 19.5. The number of azide groups is 1. The Morgan fingerprint density at radius 2 is 1.59 bits per heavy atom. The first-order valence-corrected chi connectivity index (χ1v) is 13.8. The monoisotopic (exact) mass is 593 g/mol. The molecule has 3 atom stereocenters. The summed E-state index contributed by atoms with van der Waals surface area (Å²) in [6, 6.07) is 23.7. The third-order valence-electron chi connectivity index (χ3n) is 7.88. The minimum atomic E-state index is -1.57. The Hall–Kier alpha value is -5.27. The minimum Gasteiger partial charge on any atom is -0.497 e. The molecule has 0 spiro atoms. The molecule has 0 aliphatic carbocycles. The van der Waals surface area contributed by atoms with Crippen molar-refractivity contribution in [1.29, 1.82) is 0 Å². The van der Waals surface area contributed by atoms with Gasteiger partial charge in [-0.2, -0.15) is 0 Å². The molecule has 11 nitrogen and oxygen atoms in total. The number of rotatable bonds is 10. The SMILES string of the molecule is C#C[C@]1(COC(c2ccccc2)(c2ccc(OC)cc2)c2ccc(OC)cc2)O[C@@H](n2cc(C)c(=O)[nH]c2=O)C[C@@H]1N=[N+]=[N-]. The first-order chi connectivity index (χ1) is 21.3. The third kappa shape index (κ3) is 5.45. The highest BCUT2D eigenvalue weighted by Gasteiger charge is 2.51. The first-order valence-electron chi connectivity index (χ1n) is 13.8. The van der Waals surface area contributed by atoms with Crippen molar-refractivity contribution in [3.8, 4) is 23.8 Å². The summed E-state index contributed by atoms with van der Waals surface area (Å²) in [7, 11) is 3.18. The number of terminal acetylenes is 1. The van der Waals surface area contributed by atoms with E-state index in [9.17, 15) is 15.1 Å². The van der Waals surface area contributed by atoms with E-state index in [1.807, 2.05) is 78.9 Å². The Bertz CT molecular complexity index is 1770. The molecule has 1 N–H and O–H groups in total. The van der Waals surface area contributed by atoms with Gasteiger partial charge >= 0.3 is 5.69 Å². The average Bonchev–Trinajstić information content (AvgIpc) is 3.42. The zero-order chi connectivity index (χ0) is 31.3. The van der Waals surface area contributed by atoms with Crippen molar-refractivity contribution in [2.75, 3.05) is 20.8 Å². The van der Waals surface area contributed by atoms with E-state index in [2.05, 4.69) is 20.9 Å². The molecule has 1 aliphatic rings. The number of aromatic amines is 1. The number of hydrogen-bond donors (Lipinski definition) is 1. The van der Waals surface area contributed by atoms with Gasteiger partial charge in [-0.25, -0.2) is 4.79 Å². The Balaban J connectivity index is 1.65. The van der Waals surface area contributed by atoms with Crippen molar-refractivity contribution in [3.05, 3.63) is 139 Å². The topological polar surface area (TPSA) is 141 Å². The number of H-pyrrole nitrogens is 1. The quantitative estimate of drug-likeness (QED) is 0.0917. The Kier molecular flexibility index (Phi) is 8.60. The first kappa shape index (κ1) is 30.2. The van der Waals surface area contributed by atoms with Crippen LogP contribution in [0.2, 0.25) is 0 Å². The van der Waals surface area contributed by atoms with Gasteiger partial charge in [-0.05, 0) is 53.4 Å². The van der Waals surface area contributed by atoms with Crippen LogP contribution in [0.4, 0.5) is 0 Å². The lowest BCUT2D eigenvalue weighted by atomic mass is 9.79. The zero-order valence-electron chi connectivity index (χ0n) is 24.5. The molecule has 3 aromatic carbocycles. The van der Waals surface area contributed by atoms with Gasteiger partial charge in [-0.1, -0.05) is 65.6 Å². The van der Waals surface area contributed by atoms with Crippen LogP contribution in [0.5, 0.6) is 11.5 Å². The van der Waals surface area contributed by atoms with Crippen molar-refractivity contribution < 1.29 is 18.9 Å². The van der Waals surface area contributed by atoms with Crippen molar-refractivity contribution in [2.24, 2.45) is 5.11 Å². The van der Waals surface area contributed by atoms with E-state index < -0.39 is 34.7 Å². The predicted molar refractivity (Wildman–Crippen MR) is 164 cm³/mol. The molecule has 0 unspecified atom stereocenters. The minimum absolute atomic E-state index is 0.0758. The predicted octanol–water partition coefficient (Wildman–Crippen LogP) is 4.84. The number of nitrogens with one attached hydrogen (secondary N) is 1. The van der Waals surface area contributed by atoms with Crippen molar-refractivity contribution in [3.63, 3.8) is 0 Å². The van der Waals surface area contributed by atoms with Gasteiger partial charge in [0.25, 0.3) is 5.56 Å². The van der Waals surface area contributed by atoms with E-state index in [1.54, 1.807) is 21.1 Å². The summed E-state index contributed by atoms with van der Waals surface area (Å²) in [4.78, 5) is 30.1. The molecular formula is C33H31N5O6. The fraction of sp³-hybridized carbons (Fsp3) is 0.273. The molecule has 0 saturated carbocycles. The smallest absolute Gasteiger partial charge is 0.330 e. The third-order valence-corrected chi connectivity index (χ3v) is 7.88. The van der Waals surface area contributed by atoms with Crippen molar-refractivity contribution in [1.82, 2.24) is 9.55 Å². The molecule has 0 bridgehead atoms. The zero-order valence-corrected chi connectivity index (χ0v) is 24.5. The van der Waals surface area contributed by atoms with Crippen LogP contribution in [-0.2, 0) is 15.1 Å². The molecule has 0 radical (unpaired) electrons. The summed E-state index contributed by atoms with van der Waals surface area (Å²) in [5, 5.41) is 3.97. The molecule has 1 saturated heterocycles. The molecule has 44 heavy (non-hydrogen) atoms. The van der Waals surface area contributed by atoms with Crippen LogP contribution in [0.15, 0.2) is 99.8 Å². The number of hydrogen-bond acceptors (Lipinski definition) is 7. The summed E-state index contributed by atoms with van der Waals surface area (Å²) < 4.78 is 25.4. The second-order valence-electron chi connectivity index (χ2n) is 10.3. The number of nitrogens with zero attached hydrogens (tertiary/aromatic N) is 4. The summed E-state index contributed by atoms with van der Waals surface area (Å²) >= 11 is 0. The van der Waals surface area contributed by atoms with Crippen LogP contribution in [-0.4, -0.2) is 42.0 Å². The van der Waals surface area contributed by atoms with E-state index in [-0.39, 0.29) is 13.0 Å². The number of aryl methyl sites for hydroxylation is 1. The van der Waals surface area contributed by atoms with Crippen LogP contribution in [0.3, 0.4) is 0 Å². The summed E-state index contributed by atoms with van der Waals surface area (Å²) in [6.45, 7) is 1.35. The second-order valence-corrected chi connectivity index (χ2v) is 10.3. The summed E-state index contributed by atoms with van der Waals surface area (Å²) in [6.07, 6.45) is 6.67. The van der Waals surface area contributed by atoms with Crippen LogP contribution in [0.1, 0.15) is 34.9 Å². The average molecular weight is 594 g/mol.